The van der Waals surface area contributed by atoms with Gasteiger partial charge < -0.3 is 19.1 Å². The number of fused-ring (bicyclic) bond motifs is 3. The third kappa shape index (κ3) is 3.16. The van der Waals surface area contributed by atoms with E-state index < -0.39 is 0 Å². The minimum Gasteiger partial charge on any atom is -0.493 e. The van der Waals surface area contributed by atoms with E-state index in [0.717, 1.165) is 27.6 Å². The first kappa shape index (κ1) is 19.8. The predicted octanol–water partition coefficient (Wildman–Crippen LogP) is 4.92. The van der Waals surface area contributed by atoms with Crippen LogP contribution in [-0.2, 0) is 4.79 Å². The van der Waals surface area contributed by atoms with Crippen LogP contribution in [0.25, 0.3) is 10.8 Å². The number of methoxy groups -OCH3 is 3. The van der Waals surface area contributed by atoms with E-state index in [4.69, 9.17) is 14.2 Å². The molecular formula is C25H25NO4. The summed E-state index contributed by atoms with van der Waals surface area (Å²) in [6, 6.07) is 16.2. The lowest BCUT2D eigenvalue weighted by Crippen LogP contribution is -2.37. The number of carbonyl (C=O) groups is 1. The fourth-order valence-corrected chi connectivity index (χ4v) is 4.32. The molecule has 4 rings (SSSR count). The molecule has 1 heterocycles. The minimum absolute atomic E-state index is 0.0661. The van der Waals surface area contributed by atoms with Gasteiger partial charge in [-0.2, -0.15) is 0 Å². The number of nitrogens with zero attached hydrogens (tertiary/aromatic N) is 1. The van der Waals surface area contributed by atoms with E-state index in [1.165, 1.54) is 0 Å². The maximum atomic E-state index is 13.1. The molecule has 0 spiro atoms. The van der Waals surface area contributed by atoms with E-state index >= 15 is 0 Å². The summed E-state index contributed by atoms with van der Waals surface area (Å²) in [6.07, 6.45) is 2.12. The van der Waals surface area contributed by atoms with E-state index in [2.05, 4.69) is 24.8 Å². The molecule has 3 aromatic rings. The fourth-order valence-electron chi connectivity index (χ4n) is 4.32. The summed E-state index contributed by atoms with van der Waals surface area (Å²) in [5.41, 5.74) is 3.00. The van der Waals surface area contributed by atoms with Crippen LogP contribution in [-0.4, -0.2) is 33.8 Å². The molecule has 0 saturated carbocycles. The summed E-state index contributed by atoms with van der Waals surface area (Å²) < 4.78 is 16.6. The number of ether oxygens (including phenoxy) is 3. The van der Waals surface area contributed by atoms with Gasteiger partial charge in [-0.25, -0.2) is 0 Å². The SMILES string of the molecule is C=CCN1C(=O)CC(c2cc(OC)c(OC)c(OC)c2)c2c1ccc1ccccc21. The van der Waals surface area contributed by atoms with Gasteiger partial charge in [0.05, 0.1) is 21.3 Å². The van der Waals surface area contributed by atoms with E-state index in [0.29, 0.717) is 30.2 Å². The Morgan fingerprint density at radius 2 is 1.73 bits per heavy atom. The molecule has 0 aliphatic carbocycles. The van der Waals surface area contributed by atoms with Gasteiger partial charge in [0.25, 0.3) is 0 Å². The molecule has 0 bridgehead atoms. The number of anilines is 1. The Kier molecular flexibility index (Phi) is 5.36. The molecule has 3 aromatic carbocycles. The Morgan fingerprint density at radius 1 is 1.03 bits per heavy atom. The zero-order valence-electron chi connectivity index (χ0n) is 17.5. The van der Waals surface area contributed by atoms with Crippen molar-refractivity contribution in [3.8, 4) is 17.2 Å². The van der Waals surface area contributed by atoms with Crippen LogP contribution in [0.15, 0.2) is 61.2 Å². The molecule has 0 radical (unpaired) electrons. The summed E-state index contributed by atoms with van der Waals surface area (Å²) in [5, 5.41) is 2.27. The van der Waals surface area contributed by atoms with Gasteiger partial charge in [-0.1, -0.05) is 36.4 Å². The summed E-state index contributed by atoms with van der Waals surface area (Å²) in [6.45, 7) is 4.30. The molecule has 154 valence electrons. The normalized spacial score (nSPS) is 15.6. The highest BCUT2D eigenvalue weighted by molar-refractivity contribution is 6.03. The van der Waals surface area contributed by atoms with Crippen molar-refractivity contribution in [1.29, 1.82) is 0 Å². The van der Waals surface area contributed by atoms with Gasteiger partial charge in [-0.3, -0.25) is 4.79 Å². The highest BCUT2D eigenvalue weighted by atomic mass is 16.5. The maximum absolute atomic E-state index is 13.1. The van der Waals surface area contributed by atoms with Gasteiger partial charge in [0.15, 0.2) is 11.5 Å². The van der Waals surface area contributed by atoms with Crippen molar-refractivity contribution in [1.82, 2.24) is 0 Å². The van der Waals surface area contributed by atoms with Crippen LogP contribution in [0.5, 0.6) is 17.2 Å². The highest BCUT2D eigenvalue weighted by Crippen LogP contribution is 2.47. The Bertz CT molecular complexity index is 1100. The average Bonchev–Trinajstić information content (AvgIpc) is 2.79. The van der Waals surface area contributed by atoms with Crippen molar-refractivity contribution in [2.45, 2.75) is 12.3 Å². The van der Waals surface area contributed by atoms with Gasteiger partial charge in [0.1, 0.15) is 0 Å². The topological polar surface area (TPSA) is 48.0 Å². The highest BCUT2D eigenvalue weighted by Gasteiger charge is 2.34. The predicted molar refractivity (Wildman–Crippen MR) is 119 cm³/mol. The average molecular weight is 403 g/mol. The van der Waals surface area contributed by atoms with Crippen LogP contribution in [0.3, 0.4) is 0 Å². The lowest BCUT2D eigenvalue weighted by molar-refractivity contribution is -0.119. The maximum Gasteiger partial charge on any atom is 0.228 e. The summed E-state index contributed by atoms with van der Waals surface area (Å²) in [7, 11) is 4.78. The number of benzene rings is 3. The van der Waals surface area contributed by atoms with Crippen molar-refractivity contribution in [2.75, 3.05) is 32.8 Å². The molecule has 1 unspecified atom stereocenters. The fraction of sp³-hybridized carbons (Fsp3) is 0.240. The molecule has 30 heavy (non-hydrogen) atoms. The standard InChI is InChI=1S/C25H25NO4/c1-5-12-26-20-11-10-16-8-6-7-9-18(16)24(20)19(15-23(26)27)17-13-21(28-2)25(30-4)22(14-17)29-3/h5-11,13-14,19H,1,12,15H2,2-4H3. The molecule has 5 heteroatoms. The quantitative estimate of drug-likeness (QED) is 0.548. The number of hydrogen-bond acceptors (Lipinski definition) is 4. The Labute approximate surface area is 176 Å². The van der Waals surface area contributed by atoms with Crippen LogP contribution in [0.2, 0.25) is 0 Å². The first-order valence-corrected chi connectivity index (χ1v) is 9.85. The smallest absolute Gasteiger partial charge is 0.228 e. The van der Waals surface area contributed by atoms with E-state index in [1.807, 2.05) is 35.2 Å². The number of hydrogen-bond donors (Lipinski definition) is 0. The largest absolute Gasteiger partial charge is 0.493 e. The first-order chi connectivity index (χ1) is 14.6. The summed E-state index contributed by atoms with van der Waals surface area (Å²) in [4.78, 5) is 14.9. The van der Waals surface area contributed by atoms with Crippen molar-refractivity contribution in [3.63, 3.8) is 0 Å². The summed E-state index contributed by atoms with van der Waals surface area (Å²) in [5.74, 6) is 1.63. The Morgan fingerprint density at radius 3 is 2.37 bits per heavy atom. The second kappa shape index (κ2) is 8.11. The second-order valence-corrected chi connectivity index (χ2v) is 7.23. The molecule has 5 nitrogen and oxygen atoms in total. The molecule has 0 aromatic heterocycles. The van der Waals surface area contributed by atoms with Crippen LogP contribution in [0, 0.1) is 0 Å². The van der Waals surface area contributed by atoms with Crippen LogP contribution in [0.1, 0.15) is 23.5 Å². The molecular weight excluding hydrogens is 378 g/mol. The van der Waals surface area contributed by atoms with Crippen molar-refractivity contribution in [3.05, 3.63) is 72.3 Å². The van der Waals surface area contributed by atoms with Gasteiger partial charge in [0, 0.05) is 24.6 Å². The minimum atomic E-state index is -0.131. The van der Waals surface area contributed by atoms with Gasteiger partial charge >= 0.3 is 0 Å². The van der Waals surface area contributed by atoms with Gasteiger partial charge in [-0.15, -0.1) is 6.58 Å². The molecule has 0 N–H and O–H groups in total. The zero-order chi connectivity index (χ0) is 21.3. The number of amides is 1. The first-order valence-electron chi connectivity index (χ1n) is 9.85. The van der Waals surface area contributed by atoms with Crippen molar-refractivity contribution in [2.24, 2.45) is 0 Å². The third-order valence-corrected chi connectivity index (χ3v) is 5.67. The molecule has 0 fully saturated rings. The number of rotatable bonds is 6. The van der Waals surface area contributed by atoms with Crippen LogP contribution < -0.4 is 19.1 Å². The Hall–Kier alpha value is -3.47. The lowest BCUT2D eigenvalue weighted by atomic mass is 9.81. The van der Waals surface area contributed by atoms with E-state index in [-0.39, 0.29) is 11.8 Å². The lowest BCUT2D eigenvalue weighted by Gasteiger charge is -2.35. The number of carbonyl (C=O) groups excluding carboxylic acids is 1. The molecule has 0 saturated heterocycles. The van der Waals surface area contributed by atoms with E-state index in [1.54, 1.807) is 27.4 Å². The summed E-state index contributed by atoms with van der Waals surface area (Å²) >= 11 is 0. The molecule has 1 atom stereocenters. The van der Waals surface area contributed by atoms with Crippen LogP contribution >= 0.6 is 0 Å². The zero-order valence-corrected chi connectivity index (χ0v) is 17.5. The van der Waals surface area contributed by atoms with Gasteiger partial charge in [-0.05, 0) is 40.1 Å². The van der Waals surface area contributed by atoms with Crippen LogP contribution in [0.4, 0.5) is 5.69 Å². The monoisotopic (exact) mass is 403 g/mol. The Balaban J connectivity index is 1.98. The molecule has 1 amide bonds. The van der Waals surface area contributed by atoms with Crippen molar-refractivity contribution >= 4 is 22.4 Å². The van der Waals surface area contributed by atoms with Gasteiger partial charge in [0.2, 0.25) is 11.7 Å². The van der Waals surface area contributed by atoms with E-state index in [9.17, 15) is 4.79 Å². The van der Waals surface area contributed by atoms with Crippen molar-refractivity contribution < 1.29 is 19.0 Å². The molecule has 1 aliphatic heterocycles. The second-order valence-electron chi connectivity index (χ2n) is 7.23. The molecule has 1 aliphatic rings. The third-order valence-electron chi connectivity index (χ3n) is 5.67.